The molecule has 0 aliphatic heterocycles. The minimum atomic E-state index is -0.167. The van der Waals surface area contributed by atoms with E-state index < -0.39 is 0 Å². The molecule has 0 spiro atoms. The summed E-state index contributed by atoms with van der Waals surface area (Å²) in [6, 6.07) is 0. The van der Waals surface area contributed by atoms with Crippen molar-refractivity contribution in [1.29, 1.82) is 0 Å². The van der Waals surface area contributed by atoms with Crippen molar-refractivity contribution in [3.8, 4) is 0 Å². The fourth-order valence-electron chi connectivity index (χ4n) is 0. The molecule has 0 saturated carbocycles. The molecule has 0 aliphatic carbocycles. The maximum Gasteiger partial charge on any atom is 0 e. The Morgan fingerprint density at radius 3 is 1.29 bits per heavy atom. The van der Waals surface area contributed by atoms with Crippen LogP contribution in [0.25, 0.3) is 0 Å². The molecule has 0 saturated heterocycles. The Labute approximate surface area is 81.2 Å². The zero-order valence-corrected chi connectivity index (χ0v) is 5.59. The van der Waals surface area contributed by atoms with Crippen LogP contribution >= 0.6 is 0 Å². The minimum Gasteiger partial charge on any atom is 0 e. The fourth-order valence-corrected chi connectivity index (χ4v) is 0. The monoisotopic (exact) mass is 150 g/mol. The van der Waals surface area contributed by atoms with Gasteiger partial charge >= 0.3 is 29.6 Å². The molecular weight excluding hydrogens is 139 g/mol. The van der Waals surface area contributed by atoms with E-state index in [0.717, 1.165) is 0 Å². The molecular formula is C3H11NaO2Ti. The summed E-state index contributed by atoms with van der Waals surface area (Å²) in [6.45, 7) is 3.44. The van der Waals surface area contributed by atoms with Gasteiger partial charge in [-0.05, 0) is 13.8 Å². The zero-order chi connectivity index (χ0) is 3.58. The molecule has 0 atom stereocenters. The van der Waals surface area contributed by atoms with Crippen LogP contribution in [0.3, 0.4) is 0 Å². The average molecular weight is 150 g/mol. The number of aliphatic hydroxyl groups is 1. The van der Waals surface area contributed by atoms with Crippen LogP contribution in [-0.4, -0.2) is 46.2 Å². The summed E-state index contributed by atoms with van der Waals surface area (Å²) in [7, 11) is 0. The third-order valence-electron chi connectivity index (χ3n) is 0. The number of aliphatic hydroxyl groups excluding tert-OH is 1. The van der Waals surface area contributed by atoms with Gasteiger partial charge < -0.3 is 10.6 Å². The Kier molecular flexibility index (Phi) is 52.4. The molecule has 0 aromatic carbocycles. The topological polar surface area (TPSA) is 51.7 Å². The van der Waals surface area contributed by atoms with Crippen LogP contribution in [0.15, 0.2) is 0 Å². The summed E-state index contributed by atoms with van der Waals surface area (Å²) < 4.78 is 0. The van der Waals surface area contributed by atoms with E-state index in [1.807, 2.05) is 0 Å². The van der Waals surface area contributed by atoms with Gasteiger partial charge in [0, 0.05) is 27.8 Å². The van der Waals surface area contributed by atoms with Gasteiger partial charge in [-0.3, -0.25) is 0 Å². The van der Waals surface area contributed by atoms with Crippen molar-refractivity contribution in [2.24, 2.45) is 0 Å². The molecule has 0 aliphatic rings. The third-order valence-corrected chi connectivity index (χ3v) is 0. The first-order valence-corrected chi connectivity index (χ1v) is 1.41. The Morgan fingerprint density at radius 2 is 1.29 bits per heavy atom. The molecule has 0 aromatic rings. The van der Waals surface area contributed by atoms with E-state index in [2.05, 4.69) is 0 Å². The average Bonchev–Trinajstić information content (AvgIpc) is 0.811. The van der Waals surface area contributed by atoms with Gasteiger partial charge in [-0.15, -0.1) is 0 Å². The second-order valence-electron chi connectivity index (χ2n) is 1.09. The first-order valence-electron chi connectivity index (χ1n) is 1.41. The van der Waals surface area contributed by atoms with Crippen LogP contribution in [0.5, 0.6) is 0 Å². The van der Waals surface area contributed by atoms with Gasteiger partial charge in [0.15, 0.2) is 0 Å². The summed E-state index contributed by atoms with van der Waals surface area (Å²) in [5.74, 6) is 0. The molecule has 0 bridgehead atoms. The molecule has 0 amide bonds. The minimum absolute atomic E-state index is 0. The van der Waals surface area contributed by atoms with Gasteiger partial charge in [0.25, 0.3) is 0 Å². The van der Waals surface area contributed by atoms with E-state index in [9.17, 15) is 0 Å². The standard InChI is InChI=1S/C3H8O.Na.H2O.Ti.H/c1-3(2)4;;;;/h3-4H,1-2H3;;1H2;;. The van der Waals surface area contributed by atoms with Crippen molar-refractivity contribution in [2.45, 2.75) is 20.0 Å². The van der Waals surface area contributed by atoms with E-state index in [1.54, 1.807) is 13.8 Å². The molecule has 0 rings (SSSR count). The van der Waals surface area contributed by atoms with Gasteiger partial charge in [-0.2, -0.15) is 0 Å². The predicted octanol–water partition coefficient (Wildman–Crippen LogP) is -1.09. The summed E-state index contributed by atoms with van der Waals surface area (Å²) in [6.07, 6.45) is -0.167. The van der Waals surface area contributed by atoms with Crippen molar-refractivity contribution >= 4 is 29.6 Å². The Morgan fingerprint density at radius 1 is 1.29 bits per heavy atom. The molecule has 0 fully saturated rings. The zero-order valence-electron chi connectivity index (χ0n) is 4.02. The number of hydrogen-bond donors (Lipinski definition) is 1. The third kappa shape index (κ3) is 90.7. The SMILES string of the molecule is CC(C)O.O.[NaH].[Ti]. The first-order chi connectivity index (χ1) is 1.73. The Balaban J connectivity index is -0.0000000150. The van der Waals surface area contributed by atoms with Crippen molar-refractivity contribution < 1.29 is 32.3 Å². The second kappa shape index (κ2) is 15.6. The van der Waals surface area contributed by atoms with Gasteiger partial charge in [0.1, 0.15) is 0 Å². The molecule has 40 valence electrons. The van der Waals surface area contributed by atoms with Crippen LogP contribution in [-0.2, 0) is 21.7 Å². The molecule has 0 radical (unpaired) electrons. The molecule has 0 heterocycles. The van der Waals surface area contributed by atoms with Crippen LogP contribution < -0.4 is 0 Å². The van der Waals surface area contributed by atoms with Gasteiger partial charge in [-0.25, -0.2) is 0 Å². The quantitative estimate of drug-likeness (QED) is 0.438. The molecule has 3 N–H and O–H groups in total. The van der Waals surface area contributed by atoms with Crippen LogP contribution in [0, 0.1) is 0 Å². The summed E-state index contributed by atoms with van der Waals surface area (Å²) >= 11 is 0. The van der Waals surface area contributed by atoms with E-state index >= 15 is 0 Å². The smallest absolute Gasteiger partial charge is 0 e. The Bertz CT molecular complexity index is 17.7. The van der Waals surface area contributed by atoms with Crippen molar-refractivity contribution in [3.05, 3.63) is 0 Å². The fraction of sp³-hybridized carbons (Fsp3) is 1.00. The second-order valence-corrected chi connectivity index (χ2v) is 1.09. The van der Waals surface area contributed by atoms with Crippen LogP contribution in [0.2, 0.25) is 0 Å². The summed E-state index contributed by atoms with van der Waals surface area (Å²) in [5, 5.41) is 8.06. The van der Waals surface area contributed by atoms with Crippen molar-refractivity contribution in [3.63, 3.8) is 0 Å². The molecule has 4 heteroatoms. The van der Waals surface area contributed by atoms with E-state index in [4.69, 9.17) is 5.11 Å². The largest absolute Gasteiger partial charge is 0 e. The van der Waals surface area contributed by atoms with Crippen LogP contribution in [0.4, 0.5) is 0 Å². The van der Waals surface area contributed by atoms with E-state index in [1.165, 1.54) is 0 Å². The molecule has 0 aromatic heterocycles. The molecule has 2 nitrogen and oxygen atoms in total. The first kappa shape index (κ1) is 23.4. The number of hydrogen-bond acceptors (Lipinski definition) is 1. The molecule has 7 heavy (non-hydrogen) atoms. The Hall–Kier alpha value is 1.63. The van der Waals surface area contributed by atoms with Crippen molar-refractivity contribution in [2.75, 3.05) is 0 Å². The summed E-state index contributed by atoms with van der Waals surface area (Å²) in [5.41, 5.74) is 0. The van der Waals surface area contributed by atoms with E-state index in [-0.39, 0.29) is 62.9 Å². The van der Waals surface area contributed by atoms with Crippen molar-refractivity contribution in [1.82, 2.24) is 0 Å². The maximum atomic E-state index is 8.06. The number of rotatable bonds is 0. The van der Waals surface area contributed by atoms with Gasteiger partial charge in [-0.1, -0.05) is 0 Å². The predicted molar refractivity (Wildman–Crippen MR) is 28.1 cm³/mol. The van der Waals surface area contributed by atoms with E-state index in [0.29, 0.717) is 0 Å². The molecule has 0 unspecified atom stereocenters. The van der Waals surface area contributed by atoms with Crippen LogP contribution in [0.1, 0.15) is 13.8 Å². The summed E-state index contributed by atoms with van der Waals surface area (Å²) in [4.78, 5) is 0. The van der Waals surface area contributed by atoms with Gasteiger partial charge in [0.05, 0.1) is 0 Å². The normalized spacial score (nSPS) is 5.14. The van der Waals surface area contributed by atoms with Gasteiger partial charge in [0.2, 0.25) is 0 Å². The maximum absolute atomic E-state index is 8.06.